The van der Waals surface area contributed by atoms with Crippen LogP contribution < -0.4 is 5.73 Å². The number of hydrogen-bond donors (Lipinski definition) is 1. The van der Waals surface area contributed by atoms with Crippen LogP contribution in [0.5, 0.6) is 0 Å². The first kappa shape index (κ1) is 15.9. The third-order valence-corrected chi connectivity index (χ3v) is 3.56. The van der Waals surface area contributed by atoms with E-state index in [1.807, 2.05) is 0 Å². The summed E-state index contributed by atoms with van der Waals surface area (Å²) < 4.78 is 30.9. The lowest BCUT2D eigenvalue weighted by Gasteiger charge is -2.21. The normalized spacial score (nSPS) is 13.9. The highest BCUT2D eigenvalue weighted by Gasteiger charge is 2.29. The summed E-state index contributed by atoms with van der Waals surface area (Å²) >= 11 is 1.19. The van der Waals surface area contributed by atoms with Crippen molar-refractivity contribution < 1.29 is 18.3 Å². The van der Waals surface area contributed by atoms with E-state index in [0.29, 0.717) is 17.1 Å². The molecule has 0 bridgehead atoms. The Labute approximate surface area is 115 Å². The Balaban J connectivity index is 2.51. The molecule has 1 atom stereocenters. The van der Waals surface area contributed by atoms with Gasteiger partial charge < -0.3 is 10.5 Å². The molecule has 19 heavy (non-hydrogen) atoms. The summed E-state index contributed by atoms with van der Waals surface area (Å²) in [6, 6.07) is 3.39. The number of thioether (sulfide) groups is 1. The minimum Gasteiger partial charge on any atom is -0.465 e. The molecule has 0 aliphatic heterocycles. The Bertz CT molecular complexity index is 452. The van der Waals surface area contributed by atoms with Gasteiger partial charge in [0.15, 0.2) is 0 Å². The van der Waals surface area contributed by atoms with Gasteiger partial charge in [0.1, 0.15) is 17.2 Å². The van der Waals surface area contributed by atoms with Gasteiger partial charge in [0.2, 0.25) is 0 Å². The maximum Gasteiger partial charge on any atom is 0.325 e. The monoisotopic (exact) mass is 289 g/mol. The standard InChI is InChI=1S/C13H17F2NO2S/c1-3-18-12(17)13(2,16)6-7-19-11-5-4-9(14)8-10(11)15/h4-5,8H,3,6-7,16H2,1-2H3. The van der Waals surface area contributed by atoms with Gasteiger partial charge in [0, 0.05) is 16.7 Å². The van der Waals surface area contributed by atoms with E-state index in [0.717, 1.165) is 6.07 Å². The summed E-state index contributed by atoms with van der Waals surface area (Å²) in [7, 11) is 0. The van der Waals surface area contributed by atoms with Gasteiger partial charge in [-0.25, -0.2) is 8.78 Å². The topological polar surface area (TPSA) is 52.3 Å². The van der Waals surface area contributed by atoms with E-state index in [9.17, 15) is 13.6 Å². The molecule has 0 aromatic heterocycles. The number of nitrogens with two attached hydrogens (primary N) is 1. The van der Waals surface area contributed by atoms with Crippen molar-refractivity contribution >= 4 is 17.7 Å². The smallest absolute Gasteiger partial charge is 0.325 e. The second-order valence-corrected chi connectivity index (χ2v) is 5.45. The first-order valence-corrected chi connectivity index (χ1v) is 6.89. The molecule has 0 aliphatic carbocycles. The predicted octanol–water partition coefficient (Wildman–Crippen LogP) is 2.73. The number of carbonyl (C=O) groups excluding carboxylic acids is 1. The largest absolute Gasteiger partial charge is 0.465 e. The zero-order valence-corrected chi connectivity index (χ0v) is 11.7. The van der Waals surface area contributed by atoms with E-state index in [2.05, 4.69) is 0 Å². The summed E-state index contributed by atoms with van der Waals surface area (Å²) in [4.78, 5) is 11.9. The maximum absolute atomic E-state index is 13.4. The van der Waals surface area contributed by atoms with Crippen LogP contribution in [0.4, 0.5) is 8.78 Å². The Kier molecular flexibility index (Phi) is 5.75. The molecule has 106 valence electrons. The molecule has 1 aromatic carbocycles. The van der Waals surface area contributed by atoms with Crippen molar-refractivity contribution in [3.63, 3.8) is 0 Å². The Hall–Kier alpha value is -1.14. The Morgan fingerprint density at radius 2 is 2.16 bits per heavy atom. The molecular weight excluding hydrogens is 272 g/mol. The van der Waals surface area contributed by atoms with Crippen LogP contribution in [-0.2, 0) is 9.53 Å². The van der Waals surface area contributed by atoms with Gasteiger partial charge >= 0.3 is 5.97 Å². The van der Waals surface area contributed by atoms with Crippen LogP contribution >= 0.6 is 11.8 Å². The summed E-state index contributed by atoms with van der Waals surface area (Å²) in [6.45, 7) is 3.55. The van der Waals surface area contributed by atoms with Gasteiger partial charge in [-0.1, -0.05) is 0 Å². The second kappa shape index (κ2) is 6.86. The van der Waals surface area contributed by atoms with E-state index in [1.165, 1.54) is 23.9 Å². The van der Waals surface area contributed by atoms with Crippen LogP contribution in [0.1, 0.15) is 20.3 Å². The van der Waals surface area contributed by atoms with Crippen molar-refractivity contribution in [2.24, 2.45) is 5.73 Å². The minimum atomic E-state index is -1.10. The molecule has 1 aromatic rings. The molecule has 1 rings (SSSR count). The lowest BCUT2D eigenvalue weighted by molar-refractivity contribution is -0.149. The van der Waals surface area contributed by atoms with E-state index < -0.39 is 23.1 Å². The minimum absolute atomic E-state index is 0.269. The van der Waals surface area contributed by atoms with Crippen molar-refractivity contribution in [3.8, 4) is 0 Å². The molecule has 0 aliphatic rings. The predicted molar refractivity (Wildman–Crippen MR) is 70.9 cm³/mol. The molecule has 6 heteroatoms. The number of ether oxygens (including phenoxy) is 1. The zero-order valence-electron chi connectivity index (χ0n) is 10.9. The average molecular weight is 289 g/mol. The summed E-state index contributed by atoms with van der Waals surface area (Å²) in [5, 5.41) is 0. The van der Waals surface area contributed by atoms with E-state index >= 15 is 0 Å². The first-order valence-electron chi connectivity index (χ1n) is 5.91. The molecule has 0 heterocycles. The fraction of sp³-hybridized carbons (Fsp3) is 0.462. The maximum atomic E-state index is 13.4. The van der Waals surface area contributed by atoms with Crippen LogP contribution in [0, 0.1) is 11.6 Å². The van der Waals surface area contributed by atoms with Gasteiger partial charge in [-0.3, -0.25) is 4.79 Å². The number of carbonyl (C=O) groups is 1. The molecule has 1 unspecified atom stereocenters. The molecular formula is C13H17F2NO2S. The molecule has 0 radical (unpaired) electrons. The second-order valence-electron chi connectivity index (χ2n) is 4.31. The zero-order chi connectivity index (χ0) is 14.5. The molecule has 0 saturated heterocycles. The molecule has 2 N–H and O–H groups in total. The number of benzene rings is 1. The van der Waals surface area contributed by atoms with Gasteiger partial charge in [-0.05, 0) is 32.4 Å². The number of hydrogen-bond acceptors (Lipinski definition) is 4. The van der Waals surface area contributed by atoms with Crippen molar-refractivity contribution in [1.29, 1.82) is 0 Å². The van der Waals surface area contributed by atoms with Crippen LogP contribution in [0.15, 0.2) is 23.1 Å². The molecule has 0 amide bonds. The van der Waals surface area contributed by atoms with E-state index in [-0.39, 0.29) is 6.61 Å². The Morgan fingerprint density at radius 1 is 1.47 bits per heavy atom. The molecule has 3 nitrogen and oxygen atoms in total. The van der Waals surface area contributed by atoms with Crippen LogP contribution in [0.2, 0.25) is 0 Å². The number of rotatable bonds is 6. The van der Waals surface area contributed by atoms with Crippen molar-refractivity contribution in [2.75, 3.05) is 12.4 Å². The first-order chi connectivity index (χ1) is 8.86. The van der Waals surface area contributed by atoms with Gasteiger partial charge in [0.05, 0.1) is 6.61 Å². The molecule has 0 spiro atoms. The van der Waals surface area contributed by atoms with Gasteiger partial charge in [0.25, 0.3) is 0 Å². The third kappa shape index (κ3) is 4.80. The summed E-state index contributed by atoms with van der Waals surface area (Å²) in [6.07, 6.45) is 0.341. The van der Waals surface area contributed by atoms with Crippen LogP contribution in [0.3, 0.4) is 0 Å². The van der Waals surface area contributed by atoms with Gasteiger partial charge in [-0.15, -0.1) is 11.8 Å². The Morgan fingerprint density at radius 3 is 2.74 bits per heavy atom. The molecule has 0 fully saturated rings. The lowest BCUT2D eigenvalue weighted by Crippen LogP contribution is -2.46. The third-order valence-electron chi connectivity index (χ3n) is 2.51. The fourth-order valence-electron chi connectivity index (χ4n) is 1.36. The highest BCUT2D eigenvalue weighted by Crippen LogP contribution is 2.24. The number of halogens is 2. The van der Waals surface area contributed by atoms with Crippen LogP contribution in [0.25, 0.3) is 0 Å². The average Bonchev–Trinajstić information content (AvgIpc) is 2.32. The number of esters is 1. The lowest BCUT2D eigenvalue weighted by atomic mass is 10.0. The van der Waals surface area contributed by atoms with E-state index in [4.69, 9.17) is 10.5 Å². The highest BCUT2D eigenvalue weighted by molar-refractivity contribution is 7.99. The van der Waals surface area contributed by atoms with Crippen molar-refractivity contribution in [3.05, 3.63) is 29.8 Å². The summed E-state index contributed by atoms with van der Waals surface area (Å²) in [5.41, 5.74) is 4.73. The van der Waals surface area contributed by atoms with Crippen LogP contribution in [-0.4, -0.2) is 23.9 Å². The van der Waals surface area contributed by atoms with Gasteiger partial charge in [-0.2, -0.15) is 0 Å². The van der Waals surface area contributed by atoms with E-state index in [1.54, 1.807) is 13.8 Å². The molecule has 0 saturated carbocycles. The SMILES string of the molecule is CCOC(=O)C(C)(N)CCSc1ccc(F)cc1F. The van der Waals surface area contributed by atoms with Crippen molar-refractivity contribution in [2.45, 2.75) is 30.7 Å². The van der Waals surface area contributed by atoms with Crippen molar-refractivity contribution in [1.82, 2.24) is 0 Å². The highest BCUT2D eigenvalue weighted by atomic mass is 32.2. The fourth-order valence-corrected chi connectivity index (χ4v) is 2.47. The quantitative estimate of drug-likeness (QED) is 0.646. The summed E-state index contributed by atoms with van der Waals surface area (Å²) in [5.74, 6) is -1.26.